The van der Waals surface area contributed by atoms with Crippen LogP contribution >= 0.6 is 0 Å². The number of hydrogen-bond acceptors (Lipinski definition) is 4. The third-order valence-corrected chi connectivity index (χ3v) is 3.18. The van der Waals surface area contributed by atoms with Crippen LogP contribution in [0.2, 0.25) is 0 Å². The Kier molecular flexibility index (Phi) is 4.57. The lowest BCUT2D eigenvalue weighted by Crippen LogP contribution is -2.13. The summed E-state index contributed by atoms with van der Waals surface area (Å²) in [4.78, 5) is 0. The third kappa shape index (κ3) is 3.35. The highest BCUT2D eigenvalue weighted by atomic mass is 16.3. The first-order valence-electron chi connectivity index (χ1n) is 6.65. The minimum Gasteiger partial charge on any atom is -0.394 e. The van der Waals surface area contributed by atoms with Crippen molar-refractivity contribution in [2.24, 2.45) is 0 Å². The molecule has 6 heteroatoms. The molecule has 19 heavy (non-hydrogen) atoms. The molecule has 104 valence electrons. The van der Waals surface area contributed by atoms with Gasteiger partial charge in [-0.25, -0.2) is 0 Å². The molecular weight excluding hydrogens is 242 g/mol. The lowest BCUT2D eigenvalue weighted by molar-refractivity contribution is 0.269. The SMILES string of the molecule is CCC(C)n1nccc1CNc1ccn(CCO)n1. The van der Waals surface area contributed by atoms with E-state index in [0.717, 1.165) is 17.9 Å². The van der Waals surface area contributed by atoms with E-state index >= 15 is 0 Å². The molecule has 0 aromatic carbocycles. The summed E-state index contributed by atoms with van der Waals surface area (Å²) in [5.74, 6) is 0.811. The van der Waals surface area contributed by atoms with Crippen LogP contribution in [0.15, 0.2) is 24.5 Å². The first-order chi connectivity index (χ1) is 9.24. The summed E-state index contributed by atoms with van der Waals surface area (Å²) in [7, 11) is 0. The Morgan fingerprint density at radius 3 is 3.00 bits per heavy atom. The number of aliphatic hydroxyl groups excluding tert-OH is 1. The van der Waals surface area contributed by atoms with E-state index in [1.807, 2.05) is 29.2 Å². The van der Waals surface area contributed by atoms with Crippen LogP contribution in [0.3, 0.4) is 0 Å². The van der Waals surface area contributed by atoms with Crippen LogP contribution in [-0.4, -0.2) is 31.3 Å². The molecule has 0 fully saturated rings. The van der Waals surface area contributed by atoms with Gasteiger partial charge in [0.15, 0.2) is 0 Å². The summed E-state index contributed by atoms with van der Waals surface area (Å²) in [6.45, 7) is 5.63. The molecule has 1 atom stereocenters. The quantitative estimate of drug-likeness (QED) is 0.797. The van der Waals surface area contributed by atoms with Gasteiger partial charge >= 0.3 is 0 Å². The van der Waals surface area contributed by atoms with Crippen LogP contribution in [0, 0.1) is 0 Å². The Morgan fingerprint density at radius 2 is 2.26 bits per heavy atom. The Balaban J connectivity index is 1.96. The summed E-state index contributed by atoms with van der Waals surface area (Å²) in [5, 5.41) is 20.8. The molecule has 2 N–H and O–H groups in total. The molecule has 0 spiro atoms. The van der Waals surface area contributed by atoms with Crippen molar-refractivity contribution in [1.82, 2.24) is 19.6 Å². The average molecular weight is 263 g/mol. The van der Waals surface area contributed by atoms with Crippen molar-refractivity contribution in [2.45, 2.75) is 39.4 Å². The number of anilines is 1. The van der Waals surface area contributed by atoms with E-state index in [1.54, 1.807) is 4.68 Å². The second-order valence-corrected chi connectivity index (χ2v) is 4.57. The van der Waals surface area contributed by atoms with Crippen molar-refractivity contribution in [1.29, 1.82) is 0 Å². The molecular formula is C13H21N5O. The maximum absolute atomic E-state index is 8.84. The summed E-state index contributed by atoms with van der Waals surface area (Å²) in [5.41, 5.74) is 1.14. The van der Waals surface area contributed by atoms with E-state index in [-0.39, 0.29) is 6.61 Å². The Hall–Kier alpha value is -1.82. The fraction of sp³-hybridized carbons (Fsp3) is 0.538. The summed E-state index contributed by atoms with van der Waals surface area (Å²) >= 11 is 0. The molecule has 2 aromatic heterocycles. The Labute approximate surface area is 113 Å². The number of nitrogens with one attached hydrogen (secondary N) is 1. The van der Waals surface area contributed by atoms with Gasteiger partial charge < -0.3 is 10.4 Å². The van der Waals surface area contributed by atoms with E-state index in [1.165, 1.54) is 0 Å². The van der Waals surface area contributed by atoms with Crippen molar-refractivity contribution in [3.8, 4) is 0 Å². The topological polar surface area (TPSA) is 67.9 Å². The standard InChI is InChI=1S/C13H21N5O/c1-3-11(2)18-12(4-6-15-18)10-14-13-5-7-17(16-13)8-9-19/h4-7,11,19H,3,8-10H2,1-2H3,(H,14,16). The zero-order chi connectivity index (χ0) is 13.7. The predicted molar refractivity (Wildman–Crippen MR) is 73.9 cm³/mol. The van der Waals surface area contributed by atoms with Gasteiger partial charge in [0.25, 0.3) is 0 Å². The number of aliphatic hydroxyl groups is 1. The van der Waals surface area contributed by atoms with Crippen LogP contribution in [0.1, 0.15) is 32.0 Å². The molecule has 0 aliphatic heterocycles. The maximum Gasteiger partial charge on any atom is 0.148 e. The van der Waals surface area contributed by atoms with Crippen LogP contribution < -0.4 is 5.32 Å². The molecule has 2 aromatic rings. The summed E-state index contributed by atoms with van der Waals surface area (Å²) in [6.07, 6.45) is 4.73. The zero-order valence-corrected chi connectivity index (χ0v) is 11.5. The number of aromatic nitrogens is 4. The first kappa shape index (κ1) is 13.6. The van der Waals surface area contributed by atoms with E-state index in [0.29, 0.717) is 19.1 Å². The monoisotopic (exact) mass is 263 g/mol. The van der Waals surface area contributed by atoms with Crippen LogP contribution in [0.4, 0.5) is 5.82 Å². The average Bonchev–Trinajstić information content (AvgIpc) is 3.04. The molecule has 1 unspecified atom stereocenters. The van der Waals surface area contributed by atoms with Gasteiger partial charge in [-0.2, -0.15) is 10.2 Å². The van der Waals surface area contributed by atoms with Crippen LogP contribution in [0.25, 0.3) is 0 Å². The molecule has 0 radical (unpaired) electrons. The molecule has 2 heterocycles. The summed E-state index contributed by atoms with van der Waals surface area (Å²) in [6, 6.07) is 4.32. The minimum atomic E-state index is 0.0991. The van der Waals surface area contributed by atoms with Crippen molar-refractivity contribution in [3.05, 3.63) is 30.2 Å². The molecule has 0 bridgehead atoms. The molecule has 0 amide bonds. The maximum atomic E-state index is 8.84. The number of hydrogen-bond donors (Lipinski definition) is 2. The van der Waals surface area contributed by atoms with E-state index in [2.05, 4.69) is 29.4 Å². The lowest BCUT2D eigenvalue weighted by Gasteiger charge is -2.13. The second kappa shape index (κ2) is 6.38. The largest absolute Gasteiger partial charge is 0.394 e. The Morgan fingerprint density at radius 1 is 1.42 bits per heavy atom. The van der Waals surface area contributed by atoms with Gasteiger partial charge in [-0.3, -0.25) is 9.36 Å². The van der Waals surface area contributed by atoms with E-state index in [4.69, 9.17) is 5.11 Å². The van der Waals surface area contributed by atoms with Crippen molar-refractivity contribution >= 4 is 5.82 Å². The van der Waals surface area contributed by atoms with Crippen LogP contribution in [0.5, 0.6) is 0 Å². The third-order valence-electron chi connectivity index (χ3n) is 3.18. The predicted octanol–water partition coefficient (Wildman–Crippen LogP) is 1.65. The fourth-order valence-corrected chi connectivity index (χ4v) is 1.92. The zero-order valence-electron chi connectivity index (χ0n) is 11.5. The molecule has 0 saturated heterocycles. The van der Waals surface area contributed by atoms with Gasteiger partial charge in [0.05, 0.1) is 25.4 Å². The second-order valence-electron chi connectivity index (χ2n) is 4.57. The van der Waals surface area contributed by atoms with Crippen LogP contribution in [-0.2, 0) is 13.1 Å². The molecule has 0 aliphatic rings. The van der Waals surface area contributed by atoms with Gasteiger partial charge in [-0.15, -0.1) is 0 Å². The highest BCUT2D eigenvalue weighted by Crippen LogP contribution is 2.13. The van der Waals surface area contributed by atoms with Crippen molar-refractivity contribution in [2.75, 3.05) is 11.9 Å². The minimum absolute atomic E-state index is 0.0991. The molecule has 6 nitrogen and oxygen atoms in total. The molecule has 0 saturated carbocycles. The molecule has 2 rings (SSSR count). The van der Waals surface area contributed by atoms with E-state index in [9.17, 15) is 0 Å². The highest BCUT2D eigenvalue weighted by Gasteiger charge is 2.08. The molecule has 0 aliphatic carbocycles. The van der Waals surface area contributed by atoms with Gasteiger partial charge in [0.1, 0.15) is 5.82 Å². The highest BCUT2D eigenvalue weighted by molar-refractivity contribution is 5.32. The summed E-state index contributed by atoms with van der Waals surface area (Å²) < 4.78 is 3.76. The number of nitrogens with zero attached hydrogens (tertiary/aromatic N) is 4. The van der Waals surface area contributed by atoms with E-state index < -0.39 is 0 Å². The normalized spacial score (nSPS) is 12.6. The number of rotatable bonds is 7. The first-order valence-corrected chi connectivity index (χ1v) is 6.65. The van der Waals surface area contributed by atoms with Gasteiger partial charge in [0.2, 0.25) is 0 Å². The lowest BCUT2D eigenvalue weighted by atomic mass is 10.2. The fourth-order valence-electron chi connectivity index (χ4n) is 1.92. The Bertz CT molecular complexity index is 505. The van der Waals surface area contributed by atoms with Crippen molar-refractivity contribution in [3.63, 3.8) is 0 Å². The smallest absolute Gasteiger partial charge is 0.148 e. The van der Waals surface area contributed by atoms with Gasteiger partial charge in [-0.1, -0.05) is 6.92 Å². The van der Waals surface area contributed by atoms with Gasteiger partial charge in [-0.05, 0) is 19.4 Å². The van der Waals surface area contributed by atoms with Gasteiger partial charge in [0, 0.05) is 24.5 Å². The van der Waals surface area contributed by atoms with Crippen molar-refractivity contribution < 1.29 is 5.11 Å².